The van der Waals surface area contributed by atoms with E-state index in [-0.39, 0.29) is 30.2 Å². The average Bonchev–Trinajstić information content (AvgIpc) is 3.40. The largest absolute Gasteiger partial charge is 0.352 e. The molecule has 4 nitrogen and oxygen atoms in total. The second kappa shape index (κ2) is 9.51. The SMILES string of the molecule is CNCCC1CCN(C(C(=O)NC2CC2)c2ccc(F)cc2)CC1.Cl. The minimum Gasteiger partial charge on any atom is -0.352 e. The number of hydrogen-bond donors (Lipinski definition) is 2. The lowest BCUT2D eigenvalue weighted by Gasteiger charge is -2.37. The van der Waals surface area contributed by atoms with Crippen molar-refractivity contribution < 1.29 is 9.18 Å². The molecular formula is C19H29ClFN3O. The summed E-state index contributed by atoms with van der Waals surface area (Å²) in [5.74, 6) is 0.540. The molecule has 1 saturated carbocycles. The monoisotopic (exact) mass is 369 g/mol. The molecule has 2 aliphatic rings. The van der Waals surface area contributed by atoms with Gasteiger partial charge in [0.2, 0.25) is 5.91 Å². The Kier molecular flexibility index (Phi) is 7.66. The highest BCUT2D eigenvalue weighted by atomic mass is 35.5. The molecule has 1 heterocycles. The molecular weight excluding hydrogens is 341 g/mol. The molecule has 0 bridgehead atoms. The number of piperidine rings is 1. The van der Waals surface area contributed by atoms with Gasteiger partial charge in [-0.2, -0.15) is 0 Å². The van der Waals surface area contributed by atoms with Crippen LogP contribution < -0.4 is 10.6 Å². The lowest BCUT2D eigenvalue weighted by atomic mass is 9.91. The molecule has 1 atom stereocenters. The minimum absolute atomic E-state index is 0. The molecule has 1 amide bonds. The highest BCUT2D eigenvalue weighted by Gasteiger charge is 2.34. The van der Waals surface area contributed by atoms with E-state index in [0.29, 0.717) is 6.04 Å². The first-order chi connectivity index (χ1) is 11.7. The maximum atomic E-state index is 13.3. The molecule has 1 aliphatic carbocycles. The van der Waals surface area contributed by atoms with Gasteiger partial charge >= 0.3 is 0 Å². The Hall–Kier alpha value is -1.17. The maximum Gasteiger partial charge on any atom is 0.242 e. The molecule has 25 heavy (non-hydrogen) atoms. The van der Waals surface area contributed by atoms with E-state index in [4.69, 9.17) is 0 Å². The molecule has 6 heteroatoms. The summed E-state index contributed by atoms with van der Waals surface area (Å²) < 4.78 is 13.3. The quantitative estimate of drug-likeness (QED) is 0.776. The first kappa shape index (κ1) is 20.1. The Morgan fingerprint density at radius 2 is 1.84 bits per heavy atom. The van der Waals surface area contributed by atoms with Crippen molar-refractivity contribution in [2.75, 3.05) is 26.7 Å². The lowest BCUT2D eigenvalue weighted by Crippen LogP contribution is -2.45. The number of nitrogens with one attached hydrogen (secondary N) is 2. The molecule has 2 fully saturated rings. The summed E-state index contributed by atoms with van der Waals surface area (Å²) in [5.41, 5.74) is 0.892. The van der Waals surface area contributed by atoms with Crippen LogP contribution in [0, 0.1) is 11.7 Å². The molecule has 140 valence electrons. The van der Waals surface area contributed by atoms with Gasteiger partial charge < -0.3 is 10.6 Å². The number of halogens is 2. The Labute approximate surface area is 156 Å². The van der Waals surface area contributed by atoms with Gasteiger partial charge in [-0.05, 0) is 82.4 Å². The number of rotatable bonds is 7. The van der Waals surface area contributed by atoms with Crippen molar-refractivity contribution in [3.05, 3.63) is 35.6 Å². The van der Waals surface area contributed by atoms with Crippen LogP contribution in [0.4, 0.5) is 4.39 Å². The van der Waals surface area contributed by atoms with Crippen LogP contribution in [0.2, 0.25) is 0 Å². The summed E-state index contributed by atoms with van der Waals surface area (Å²) in [4.78, 5) is 15.0. The fourth-order valence-electron chi connectivity index (χ4n) is 3.53. The van der Waals surface area contributed by atoms with Gasteiger partial charge in [0.25, 0.3) is 0 Å². The van der Waals surface area contributed by atoms with E-state index in [2.05, 4.69) is 15.5 Å². The van der Waals surface area contributed by atoms with Crippen molar-refractivity contribution in [3.8, 4) is 0 Å². The number of nitrogens with zero attached hydrogens (tertiary/aromatic N) is 1. The Morgan fingerprint density at radius 1 is 1.20 bits per heavy atom. The summed E-state index contributed by atoms with van der Waals surface area (Å²) in [6.07, 6.45) is 5.59. The van der Waals surface area contributed by atoms with Crippen LogP contribution in [0.15, 0.2) is 24.3 Å². The second-order valence-electron chi connectivity index (χ2n) is 7.11. The predicted molar refractivity (Wildman–Crippen MR) is 100 cm³/mol. The molecule has 0 radical (unpaired) electrons. The van der Waals surface area contributed by atoms with Crippen LogP contribution in [0.5, 0.6) is 0 Å². The van der Waals surface area contributed by atoms with Crippen molar-refractivity contribution in [2.24, 2.45) is 5.92 Å². The summed E-state index contributed by atoms with van der Waals surface area (Å²) >= 11 is 0. The summed E-state index contributed by atoms with van der Waals surface area (Å²) in [5, 5.41) is 6.34. The normalized spacial score (nSPS) is 19.9. The van der Waals surface area contributed by atoms with Gasteiger partial charge in [-0.25, -0.2) is 4.39 Å². The molecule has 2 N–H and O–H groups in total. The van der Waals surface area contributed by atoms with Crippen LogP contribution in [-0.4, -0.2) is 43.5 Å². The third-order valence-corrected chi connectivity index (χ3v) is 5.17. The van der Waals surface area contributed by atoms with Crippen LogP contribution in [0.3, 0.4) is 0 Å². The molecule has 1 aromatic carbocycles. The van der Waals surface area contributed by atoms with Crippen molar-refractivity contribution in [1.29, 1.82) is 0 Å². The molecule has 3 rings (SSSR count). The first-order valence-corrected chi connectivity index (χ1v) is 9.12. The van der Waals surface area contributed by atoms with Gasteiger partial charge in [-0.15, -0.1) is 12.4 Å². The van der Waals surface area contributed by atoms with E-state index in [1.165, 1.54) is 18.6 Å². The second-order valence-corrected chi connectivity index (χ2v) is 7.11. The lowest BCUT2D eigenvalue weighted by molar-refractivity contribution is -0.127. The van der Waals surface area contributed by atoms with E-state index in [1.54, 1.807) is 12.1 Å². The van der Waals surface area contributed by atoms with Crippen LogP contribution >= 0.6 is 12.4 Å². The third-order valence-electron chi connectivity index (χ3n) is 5.17. The Morgan fingerprint density at radius 3 is 2.40 bits per heavy atom. The smallest absolute Gasteiger partial charge is 0.242 e. The van der Waals surface area contributed by atoms with E-state index >= 15 is 0 Å². The molecule has 1 aromatic rings. The van der Waals surface area contributed by atoms with E-state index in [1.807, 2.05) is 7.05 Å². The molecule has 0 spiro atoms. The van der Waals surface area contributed by atoms with E-state index in [9.17, 15) is 9.18 Å². The third kappa shape index (κ3) is 5.66. The highest BCUT2D eigenvalue weighted by molar-refractivity contribution is 5.85. The highest BCUT2D eigenvalue weighted by Crippen LogP contribution is 2.30. The number of carbonyl (C=O) groups is 1. The fraction of sp³-hybridized carbons (Fsp3) is 0.632. The number of hydrogen-bond acceptors (Lipinski definition) is 3. The van der Waals surface area contributed by atoms with Crippen LogP contribution in [-0.2, 0) is 4.79 Å². The van der Waals surface area contributed by atoms with Gasteiger partial charge in [0.15, 0.2) is 0 Å². The fourth-order valence-corrected chi connectivity index (χ4v) is 3.53. The van der Waals surface area contributed by atoms with Gasteiger partial charge in [-0.1, -0.05) is 12.1 Å². The number of likely N-dealkylation sites (tertiary alicyclic amines) is 1. The standard InChI is InChI=1S/C19H28FN3O.ClH/c1-21-11-8-14-9-12-23(13-10-14)18(19(24)22-17-6-7-17)15-2-4-16(20)5-3-15;/h2-5,14,17-18,21H,6-13H2,1H3,(H,22,24);1H. The number of benzene rings is 1. The van der Waals surface area contributed by atoms with Gasteiger partial charge in [0.1, 0.15) is 11.9 Å². The summed E-state index contributed by atoms with van der Waals surface area (Å²) in [6, 6.07) is 6.45. The van der Waals surface area contributed by atoms with Crippen LogP contribution in [0.1, 0.15) is 43.7 Å². The van der Waals surface area contributed by atoms with Gasteiger partial charge in [0, 0.05) is 6.04 Å². The predicted octanol–water partition coefficient (Wildman–Crippen LogP) is 2.89. The van der Waals surface area contributed by atoms with Crippen molar-refractivity contribution in [2.45, 2.75) is 44.2 Å². The zero-order chi connectivity index (χ0) is 16.9. The molecule has 1 saturated heterocycles. The van der Waals surface area contributed by atoms with Crippen molar-refractivity contribution in [1.82, 2.24) is 15.5 Å². The Balaban J connectivity index is 0.00000225. The van der Waals surface area contributed by atoms with Gasteiger partial charge in [-0.3, -0.25) is 9.69 Å². The molecule has 1 unspecified atom stereocenters. The number of amides is 1. The van der Waals surface area contributed by atoms with E-state index < -0.39 is 0 Å². The zero-order valence-corrected chi connectivity index (χ0v) is 15.7. The molecule has 0 aromatic heterocycles. The van der Waals surface area contributed by atoms with E-state index in [0.717, 1.165) is 56.8 Å². The topological polar surface area (TPSA) is 44.4 Å². The summed E-state index contributed by atoms with van der Waals surface area (Å²) in [6.45, 7) is 2.90. The Bertz CT molecular complexity index is 542. The average molecular weight is 370 g/mol. The minimum atomic E-state index is -0.295. The molecule has 1 aliphatic heterocycles. The summed E-state index contributed by atoms with van der Waals surface area (Å²) in [7, 11) is 1.99. The zero-order valence-electron chi connectivity index (χ0n) is 14.8. The number of carbonyl (C=O) groups excluding carboxylic acids is 1. The van der Waals surface area contributed by atoms with Crippen LogP contribution in [0.25, 0.3) is 0 Å². The van der Waals surface area contributed by atoms with Gasteiger partial charge in [0.05, 0.1) is 0 Å². The van der Waals surface area contributed by atoms with Crippen molar-refractivity contribution in [3.63, 3.8) is 0 Å². The maximum absolute atomic E-state index is 13.3. The first-order valence-electron chi connectivity index (χ1n) is 9.12. The van der Waals surface area contributed by atoms with Crippen molar-refractivity contribution >= 4 is 18.3 Å².